The number of carbonyl (C=O) groups is 2. The van der Waals surface area contributed by atoms with E-state index < -0.39 is 12.1 Å². The molecule has 1 aromatic carbocycles. The Balaban J connectivity index is 1.56. The van der Waals surface area contributed by atoms with Gasteiger partial charge in [0.2, 0.25) is 0 Å². The minimum absolute atomic E-state index is 0.0780. The average molecular weight is 387 g/mol. The number of benzene rings is 1. The molecule has 26 heavy (non-hydrogen) atoms. The van der Waals surface area contributed by atoms with Crippen molar-refractivity contribution in [1.29, 1.82) is 0 Å². The molecule has 0 saturated carbocycles. The number of para-hydroxylation sites is 1. The summed E-state index contributed by atoms with van der Waals surface area (Å²) >= 11 is 2.80. The maximum Gasteiger partial charge on any atom is 0.317 e. The zero-order valence-electron chi connectivity index (χ0n) is 14.3. The first kappa shape index (κ1) is 18.3. The van der Waals surface area contributed by atoms with E-state index in [1.807, 2.05) is 41.8 Å². The van der Waals surface area contributed by atoms with Crippen LogP contribution in [0.1, 0.15) is 6.92 Å². The predicted octanol–water partition coefficient (Wildman–Crippen LogP) is 3.38. The third kappa shape index (κ3) is 4.20. The molecule has 0 bridgehead atoms. The Hall–Kier alpha value is -2.45. The molecule has 3 rings (SSSR count). The maximum atomic E-state index is 12.4. The third-order valence-electron chi connectivity index (χ3n) is 3.68. The van der Waals surface area contributed by atoms with Crippen molar-refractivity contribution in [3.05, 3.63) is 48.1 Å². The standard InChI is InChI=1S/C18H17N3O3S2/c1-12(18(23)21(2)13-6-4-3-5-7-13)24-15(22)10-26-17-14-8-9-25-16(14)19-11-20-17/h3-9,11-12H,10H2,1-2H3/t12-/m1/s1. The minimum Gasteiger partial charge on any atom is -0.452 e. The van der Waals surface area contributed by atoms with E-state index in [0.717, 1.165) is 20.9 Å². The number of carbonyl (C=O) groups excluding carboxylic acids is 2. The van der Waals surface area contributed by atoms with Gasteiger partial charge in [-0.15, -0.1) is 11.3 Å². The van der Waals surface area contributed by atoms with Crippen LogP contribution >= 0.6 is 23.1 Å². The third-order valence-corrected chi connectivity index (χ3v) is 5.48. The number of hydrogen-bond donors (Lipinski definition) is 0. The molecule has 0 aliphatic heterocycles. The number of aromatic nitrogens is 2. The van der Waals surface area contributed by atoms with E-state index in [1.54, 1.807) is 14.0 Å². The fourth-order valence-electron chi connectivity index (χ4n) is 2.34. The summed E-state index contributed by atoms with van der Waals surface area (Å²) in [5.74, 6) is -0.662. The van der Waals surface area contributed by atoms with E-state index in [4.69, 9.17) is 4.74 Å². The van der Waals surface area contributed by atoms with Gasteiger partial charge >= 0.3 is 5.97 Å². The second-order valence-corrected chi connectivity index (χ2v) is 7.33. The van der Waals surface area contributed by atoms with Crippen LogP contribution < -0.4 is 4.90 Å². The van der Waals surface area contributed by atoms with Gasteiger partial charge in [0, 0.05) is 18.1 Å². The Labute approximate surface area is 159 Å². The van der Waals surface area contributed by atoms with Gasteiger partial charge in [-0.25, -0.2) is 9.97 Å². The van der Waals surface area contributed by atoms with E-state index in [2.05, 4.69) is 9.97 Å². The number of thiophene rings is 1. The topological polar surface area (TPSA) is 72.4 Å². The van der Waals surface area contributed by atoms with E-state index >= 15 is 0 Å². The molecule has 2 heterocycles. The second kappa shape index (κ2) is 8.29. The Morgan fingerprint density at radius 3 is 2.77 bits per heavy atom. The maximum absolute atomic E-state index is 12.4. The number of ether oxygens (including phenoxy) is 1. The number of likely N-dealkylation sites (N-methyl/N-ethyl adjacent to an activating group) is 1. The first-order valence-electron chi connectivity index (χ1n) is 7.89. The van der Waals surface area contributed by atoms with Crippen LogP contribution in [0.25, 0.3) is 10.2 Å². The zero-order valence-corrected chi connectivity index (χ0v) is 15.9. The van der Waals surface area contributed by atoms with Crippen molar-refractivity contribution in [3.63, 3.8) is 0 Å². The summed E-state index contributed by atoms with van der Waals surface area (Å²) < 4.78 is 5.28. The zero-order chi connectivity index (χ0) is 18.5. The Morgan fingerprint density at radius 1 is 1.23 bits per heavy atom. The number of rotatable bonds is 6. The SMILES string of the molecule is C[C@@H](OC(=O)CSc1ncnc2sccc12)C(=O)N(C)c1ccccc1. The lowest BCUT2D eigenvalue weighted by molar-refractivity contribution is -0.151. The predicted molar refractivity (Wildman–Crippen MR) is 104 cm³/mol. The van der Waals surface area contributed by atoms with Crippen LogP contribution in [0.4, 0.5) is 5.69 Å². The number of esters is 1. The number of hydrogen-bond acceptors (Lipinski definition) is 7. The molecular weight excluding hydrogens is 370 g/mol. The lowest BCUT2D eigenvalue weighted by Gasteiger charge is -2.21. The molecule has 0 fully saturated rings. The van der Waals surface area contributed by atoms with Gasteiger partial charge in [-0.05, 0) is 30.5 Å². The monoisotopic (exact) mass is 387 g/mol. The molecule has 6 nitrogen and oxygen atoms in total. The van der Waals surface area contributed by atoms with Gasteiger partial charge in [-0.3, -0.25) is 9.59 Å². The second-order valence-electron chi connectivity index (χ2n) is 5.47. The quantitative estimate of drug-likeness (QED) is 0.367. The first-order chi connectivity index (χ1) is 12.6. The van der Waals surface area contributed by atoms with E-state index in [1.165, 1.54) is 34.3 Å². The molecule has 134 valence electrons. The smallest absolute Gasteiger partial charge is 0.317 e. The van der Waals surface area contributed by atoms with Crippen molar-refractivity contribution in [2.75, 3.05) is 17.7 Å². The molecule has 1 atom stereocenters. The van der Waals surface area contributed by atoms with Gasteiger partial charge in [-0.1, -0.05) is 30.0 Å². The first-order valence-corrected chi connectivity index (χ1v) is 9.76. The van der Waals surface area contributed by atoms with Crippen LogP contribution in [0.5, 0.6) is 0 Å². The van der Waals surface area contributed by atoms with Crippen LogP contribution in [0, 0.1) is 0 Å². The fraction of sp³-hybridized carbons (Fsp3) is 0.222. The van der Waals surface area contributed by atoms with Crippen LogP contribution in [-0.4, -0.2) is 40.7 Å². The van der Waals surface area contributed by atoms with E-state index in [-0.39, 0.29) is 11.7 Å². The summed E-state index contributed by atoms with van der Waals surface area (Å²) in [5.41, 5.74) is 0.746. The largest absolute Gasteiger partial charge is 0.452 e. The summed E-state index contributed by atoms with van der Waals surface area (Å²) in [5, 5.41) is 3.58. The average Bonchev–Trinajstić information content (AvgIpc) is 3.15. The van der Waals surface area contributed by atoms with Crippen LogP contribution in [0.3, 0.4) is 0 Å². The Kier molecular flexibility index (Phi) is 5.85. The van der Waals surface area contributed by atoms with E-state index in [9.17, 15) is 9.59 Å². The normalized spacial score (nSPS) is 11.9. The molecule has 0 radical (unpaired) electrons. The molecule has 3 aromatic rings. The molecular formula is C18H17N3O3S2. The number of amides is 1. The highest BCUT2D eigenvalue weighted by Crippen LogP contribution is 2.27. The van der Waals surface area contributed by atoms with Crippen molar-refractivity contribution >= 4 is 50.9 Å². The molecule has 0 saturated heterocycles. The highest BCUT2D eigenvalue weighted by atomic mass is 32.2. The number of anilines is 1. The molecule has 1 amide bonds. The molecule has 0 aliphatic rings. The van der Waals surface area contributed by atoms with Crippen LogP contribution in [0.2, 0.25) is 0 Å². The number of nitrogens with zero attached hydrogens (tertiary/aromatic N) is 3. The lowest BCUT2D eigenvalue weighted by atomic mass is 10.2. The highest BCUT2D eigenvalue weighted by Gasteiger charge is 2.22. The fourth-order valence-corrected chi connectivity index (χ4v) is 3.90. The van der Waals surface area contributed by atoms with Crippen molar-refractivity contribution in [2.24, 2.45) is 0 Å². The molecule has 0 spiro atoms. The van der Waals surface area contributed by atoms with Crippen molar-refractivity contribution in [1.82, 2.24) is 9.97 Å². The molecule has 8 heteroatoms. The van der Waals surface area contributed by atoms with E-state index in [0.29, 0.717) is 0 Å². The van der Waals surface area contributed by atoms with Gasteiger partial charge in [0.15, 0.2) is 6.10 Å². The van der Waals surface area contributed by atoms with Gasteiger partial charge in [0.05, 0.1) is 5.75 Å². The van der Waals surface area contributed by atoms with Gasteiger partial charge in [-0.2, -0.15) is 0 Å². The van der Waals surface area contributed by atoms with Crippen LogP contribution in [0.15, 0.2) is 53.1 Å². The van der Waals surface area contributed by atoms with Gasteiger partial charge < -0.3 is 9.64 Å². The van der Waals surface area contributed by atoms with Crippen molar-refractivity contribution in [3.8, 4) is 0 Å². The van der Waals surface area contributed by atoms with Gasteiger partial charge in [0.25, 0.3) is 5.91 Å². The summed E-state index contributed by atoms with van der Waals surface area (Å²) in [6.07, 6.45) is 0.618. The molecule has 0 N–H and O–H groups in total. The van der Waals surface area contributed by atoms with Gasteiger partial charge in [0.1, 0.15) is 16.2 Å². The summed E-state index contributed by atoms with van der Waals surface area (Å²) in [4.78, 5) is 35.3. The lowest BCUT2D eigenvalue weighted by Crippen LogP contribution is -2.37. The van der Waals surface area contributed by atoms with Crippen molar-refractivity contribution in [2.45, 2.75) is 18.1 Å². The summed E-state index contributed by atoms with van der Waals surface area (Å²) in [6.45, 7) is 1.58. The number of fused-ring (bicyclic) bond motifs is 1. The Morgan fingerprint density at radius 2 is 2.00 bits per heavy atom. The van der Waals surface area contributed by atoms with Crippen molar-refractivity contribution < 1.29 is 14.3 Å². The summed E-state index contributed by atoms with van der Waals surface area (Å²) in [6, 6.07) is 11.1. The molecule has 2 aromatic heterocycles. The molecule has 0 aliphatic carbocycles. The number of thioether (sulfide) groups is 1. The van der Waals surface area contributed by atoms with Crippen LogP contribution in [-0.2, 0) is 14.3 Å². The molecule has 0 unspecified atom stereocenters. The minimum atomic E-state index is -0.861. The Bertz CT molecular complexity index is 914. The highest BCUT2D eigenvalue weighted by molar-refractivity contribution is 8.00. The summed E-state index contributed by atoms with van der Waals surface area (Å²) in [7, 11) is 1.66.